The van der Waals surface area contributed by atoms with Crippen LogP contribution in [0.2, 0.25) is 0 Å². The summed E-state index contributed by atoms with van der Waals surface area (Å²) in [6.07, 6.45) is 7.57. The Balaban J connectivity index is 3.62. The molecule has 2 amide bonds. The molecule has 0 bridgehead atoms. The molecule has 0 heterocycles. The van der Waals surface area contributed by atoms with Crippen LogP contribution < -0.4 is 10.6 Å². The van der Waals surface area contributed by atoms with Crippen LogP contribution in [0.25, 0.3) is 0 Å². The summed E-state index contributed by atoms with van der Waals surface area (Å²) in [4.78, 5) is 56.5. The normalized spacial score (nSPS) is 12.7. The highest BCUT2D eigenvalue weighted by atomic mass is 32.2. The Morgan fingerprint density at radius 3 is 1.63 bits per heavy atom. The molecule has 2 atom stereocenters. The van der Waals surface area contributed by atoms with E-state index in [4.69, 9.17) is 15.3 Å². The van der Waals surface area contributed by atoms with E-state index in [2.05, 4.69) is 10.6 Å². The van der Waals surface area contributed by atoms with E-state index in [1.165, 1.54) is 0 Å². The molecule has 202 valence electrons. The molecular weight excluding hydrogens is 476 g/mol. The number of hydrogen-bond donors (Lipinski definition) is 5. The molecule has 0 saturated carbocycles. The highest BCUT2D eigenvalue weighted by molar-refractivity contribution is 7.99. The molecule has 0 spiro atoms. The van der Waals surface area contributed by atoms with Crippen LogP contribution in [-0.4, -0.2) is 68.6 Å². The number of aliphatic carboxylic acids is 3. The fraction of sp³-hybridized carbons (Fsp3) is 0.792. The van der Waals surface area contributed by atoms with Crippen molar-refractivity contribution < 1.29 is 39.3 Å². The second kappa shape index (κ2) is 19.9. The Morgan fingerprint density at radius 2 is 1.14 bits per heavy atom. The van der Waals surface area contributed by atoms with E-state index in [1.54, 1.807) is 13.8 Å². The quantitative estimate of drug-likeness (QED) is 0.135. The lowest BCUT2D eigenvalue weighted by atomic mass is 10.0. The zero-order chi connectivity index (χ0) is 26.6. The van der Waals surface area contributed by atoms with Crippen LogP contribution >= 0.6 is 11.8 Å². The van der Waals surface area contributed by atoms with Crippen LogP contribution in [-0.2, 0) is 24.0 Å². The van der Waals surface area contributed by atoms with Gasteiger partial charge in [-0.3, -0.25) is 14.4 Å². The van der Waals surface area contributed by atoms with E-state index in [-0.39, 0.29) is 37.0 Å². The highest BCUT2D eigenvalue weighted by Crippen LogP contribution is 2.13. The second-order valence-electron chi connectivity index (χ2n) is 8.96. The van der Waals surface area contributed by atoms with Crippen molar-refractivity contribution in [2.45, 2.75) is 103 Å². The first-order chi connectivity index (χ1) is 16.5. The van der Waals surface area contributed by atoms with E-state index >= 15 is 0 Å². The molecule has 35 heavy (non-hydrogen) atoms. The Labute approximate surface area is 212 Å². The summed E-state index contributed by atoms with van der Waals surface area (Å²) in [7, 11) is 0. The number of hydrogen-bond acceptors (Lipinski definition) is 6. The number of amides is 2. The lowest BCUT2D eigenvalue weighted by Crippen LogP contribution is -2.44. The summed E-state index contributed by atoms with van der Waals surface area (Å²) < 4.78 is 0. The Morgan fingerprint density at radius 1 is 0.657 bits per heavy atom. The largest absolute Gasteiger partial charge is 0.481 e. The van der Waals surface area contributed by atoms with E-state index in [0.717, 1.165) is 56.5 Å². The molecule has 0 aromatic carbocycles. The number of carbonyl (C=O) groups excluding carboxylic acids is 2. The summed E-state index contributed by atoms with van der Waals surface area (Å²) in [5.41, 5.74) is 0. The van der Waals surface area contributed by atoms with Gasteiger partial charge in [0.15, 0.2) is 0 Å². The van der Waals surface area contributed by atoms with Gasteiger partial charge >= 0.3 is 17.9 Å². The number of nitrogens with one attached hydrogen (secondary N) is 2. The molecular formula is C24H42N2O8S. The Hall–Kier alpha value is -2.30. The van der Waals surface area contributed by atoms with Gasteiger partial charge in [-0.2, -0.15) is 11.8 Å². The smallest absolute Gasteiger partial charge is 0.326 e. The Bertz CT molecular complexity index is 672. The van der Waals surface area contributed by atoms with Crippen LogP contribution in [0.3, 0.4) is 0 Å². The fourth-order valence-corrected chi connectivity index (χ4v) is 4.36. The van der Waals surface area contributed by atoms with Crippen LogP contribution in [0.15, 0.2) is 0 Å². The minimum Gasteiger partial charge on any atom is -0.481 e. The van der Waals surface area contributed by atoms with Crippen LogP contribution in [0.1, 0.15) is 90.9 Å². The second-order valence-corrected chi connectivity index (χ2v) is 10.2. The molecule has 5 N–H and O–H groups in total. The lowest BCUT2D eigenvalue weighted by molar-refractivity contribution is -0.143. The number of carboxylic acid groups (broad SMARTS) is 3. The maximum atomic E-state index is 11.9. The molecule has 11 heteroatoms. The third-order valence-corrected chi connectivity index (χ3v) is 6.57. The van der Waals surface area contributed by atoms with Crippen molar-refractivity contribution in [1.82, 2.24) is 10.6 Å². The van der Waals surface area contributed by atoms with Crippen LogP contribution in [0, 0.1) is 5.92 Å². The van der Waals surface area contributed by atoms with E-state index in [9.17, 15) is 24.0 Å². The van der Waals surface area contributed by atoms with E-state index < -0.39 is 30.0 Å². The molecule has 0 aromatic heterocycles. The molecule has 0 radical (unpaired) electrons. The Kier molecular flexibility index (Phi) is 18.6. The molecule has 0 rings (SSSR count). The van der Waals surface area contributed by atoms with Gasteiger partial charge < -0.3 is 26.0 Å². The third-order valence-electron chi connectivity index (χ3n) is 5.41. The monoisotopic (exact) mass is 518 g/mol. The van der Waals surface area contributed by atoms with Crippen molar-refractivity contribution in [2.75, 3.05) is 11.5 Å². The predicted molar refractivity (Wildman–Crippen MR) is 134 cm³/mol. The standard InChI is InChI=1S/C24H42N2O8S/c1-17(2)22(24(33)34)26-20(28)12-7-4-3-5-9-15-35-16-10-6-8-11-19(27)25-18(23(31)32)13-14-21(29)30/h17-18,22H,3-16H2,1-2H3,(H,25,27)(H,26,28)(H,29,30)(H,31,32)(H,33,34). The van der Waals surface area contributed by atoms with Gasteiger partial charge in [-0.05, 0) is 49.5 Å². The lowest BCUT2D eigenvalue weighted by Gasteiger charge is -2.17. The zero-order valence-corrected chi connectivity index (χ0v) is 21.7. The first kappa shape index (κ1) is 32.7. The highest BCUT2D eigenvalue weighted by Gasteiger charge is 2.23. The summed E-state index contributed by atoms with van der Waals surface area (Å²) in [5.74, 6) is -2.00. The molecule has 10 nitrogen and oxygen atoms in total. The van der Waals surface area contributed by atoms with Gasteiger partial charge in [0.2, 0.25) is 11.8 Å². The molecule has 0 fully saturated rings. The van der Waals surface area contributed by atoms with Gasteiger partial charge in [0.1, 0.15) is 12.1 Å². The average molecular weight is 519 g/mol. The van der Waals surface area contributed by atoms with Gasteiger partial charge in [0, 0.05) is 19.3 Å². The predicted octanol–water partition coefficient (Wildman–Crippen LogP) is 3.28. The van der Waals surface area contributed by atoms with Crippen molar-refractivity contribution in [3.8, 4) is 0 Å². The fourth-order valence-electron chi connectivity index (χ4n) is 3.34. The topological polar surface area (TPSA) is 170 Å². The van der Waals surface area contributed by atoms with Crippen LogP contribution in [0.4, 0.5) is 0 Å². The molecule has 0 aliphatic carbocycles. The van der Waals surface area contributed by atoms with Crippen molar-refractivity contribution in [3.05, 3.63) is 0 Å². The summed E-state index contributed by atoms with van der Waals surface area (Å²) in [6.45, 7) is 3.53. The van der Waals surface area contributed by atoms with E-state index in [0.29, 0.717) is 12.8 Å². The first-order valence-corrected chi connectivity index (χ1v) is 13.5. The van der Waals surface area contributed by atoms with Crippen molar-refractivity contribution in [3.63, 3.8) is 0 Å². The van der Waals surface area contributed by atoms with E-state index in [1.807, 2.05) is 11.8 Å². The van der Waals surface area contributed by atoms with Gasteiger partial charge in [-0.15, -0.1) is 0 Å². The van der Waals surface area contributed by atoms with Gasteiger partial charge in [-0.1, -0.05) is 39.5 Å². The molecule has 0 aromatic rings. The number of thioether (sulfide) groups is 1. The maximum Gasteiger partial charge on any atom is 0.326 e. The van der Waals surface area contributed by atoms with Gasteiger partial charge in [-0.25, -0.2) is 9.59 Å². The molecule has 0 aliphatic heterocycles. The minimum absolute atomic E-state index is 0.131. The third kappa shape index (κ3) is 18.7. The number of unbranched alkanes of at least 4 members (excludes halogenated alkanes) is 6. The maximum absolute atomic E-state index is 11.9. The van der Waals surface area contributed by atoms with Gasteiger partial charge in [0.05, 0.1) is 0 Å². The van der Waals surface area contributed by atoms with Crippen LogP contribution in [0.5, 0.6) is 0 Å². The molecule has 2 unspecified atom stereocenters. The zero-order valence-electron chi connectivity index (χ0n) is 20.9. The van der Waals surface area contributed by atoms with Crippen molar-refractivity contribution in [2.24, 2.45) is 5.92 Å². The summed E-state index contributed by atoms with van der Waals surface area (Å²) in [5, 5.41) is 31.7. The summed E-state index contributed by atoms with van der Waals surface area (Å²) in [6, 6.07) is -2.00. The van der Waals surface area contributed by atoms with Crippen molar-refractivity contribution in [1.29, 1.82) is 0 Å². The van der Waals surface area contributed by atoms with Crippen molar-refractivity contribution >= 4 is 41.5 Å². The molecule has 0 aliphatic rings. The first-order valence-electron chi connectivity index (χ1n) is 12.4. The number of carbonyl (C=O) groups is 5. The minimum atomic E-state index is -1.22. The molecule has 0 saturated heterocycles. The number of carboxylic acids is 3. The average Bonchev–Trinajstić information content (AvgIpc) is 2.77. The SMILES string of the molecule is CC(C)C(NC(=O)CCCCCCCSCCCCCC(=O)NC(CCC(=O)O)C(=O)O)C(=O)O. The summed E-state index contributed by atoms with van der Waals surface area (Å²) >= 11 is 1.86. The van der Waals surface area contributed by atoms with Gasteiger partial charge in [0.25, 0.3) is 0 Å². The number of rotatable bonds is 22.